The molecule has 2 N–H and O–H groups in total. The number of benzene rings is 1. The molecule has 0 saturated carbocycles. The first-order chi connectivity index (χ1) is 7.76. The van der Waals surface area contributed by atoms with Crippen molar-refractivity contribution >= 4 is 11.7 Å². The third-order valence-corrected chi connectivity index (χ3v) is 2.10. The molecule has 0 atom stereocenters. The van der Waals surface area contributed by atoms with Crippen LogP contribution in [0.5, 0.6) is 0 Å². The number of hydrogen-bond donors (Lipinski definition) is 2. The molecule has 0 aliphatic heterocycles. The highest BCUT2D eigenvalue weighted by Crippen LogP contribution is 2.09. The van der Waals surface area contributed by atoms with E-state index in [0.29, 0.717) is 12.2 Å². The highest BCUT2D eigenvalue weighted by molar-refractivity contribution is 5.89. The number of carbonyl (C=O) groups is 1. The molecular formula is C13H16N2O. The summed E-state index contributed by atoms with van der Waals surface area (Å²) in [5.74, 6) is 2.52. The Morgan fingerprint density at radius 1 is 1.50 bits per heavy atom. The summed E-state index contributed by atoms with van der Waals surface area (Å²) < 4.78 is 0. The summed E-state index contributed by atoms with van der Waals surface area (Å²) >= 11 is 0. The Labute approximate surface area is 96.2 Å². The van der Waals surface area contributed by atoms with Gasteiger partial charge in [-0.05, 0) is 24.6 Å². The van der Waals surface area contributed by atoms with Gasteiger partial charge in [0.05, 0.1) is 0 Å². The van der Waals surface area contributed by atoms with E-state index in [0.717, 1.165) is 18.4 Å². The van der Waals surface area contributed by atoms with Gasteiger partial charge < -0.3 is 10.6 Å². The second-order valence-electron chi connectivity index (χ2n) is 3.46. The largest absolute Gasteiger partial charge is 0.338 e. The van der Waals surface area contributed by atoms with Gasteiger partial charge in [-0.3, -0.25) is 0 Å². The Bertz CT molecular complexity index is 393. The summed E-state index contributed by atoms with van der Waals surface area (Å²) in [7, 11) is 0. The summed E-state index contributed by atoms with van der Waals surface area (Å²) in [6.07, 6.45) is 7.32. The van der Waals surface area contributed by atoms with Crippen molar-refractivity contribution in [2.45, 2.75) is 19.8 Å². The molecule has 84 valence electrons. The lowest BCUT2D eigenvalue weighted by Gasteiger charge is -2.07. The molecule has 1 rings (SSSR count). The second kappa shape index (κ2) is 6.52. The Balaban J connectivity index is 2.47. The molecule has 16 heavy (non-hydrogen) atoms. The molecule has 0 spiro atoms. The fraction of sp³-hybridized carbons (Fsp3) is 0.308. The van der Waals surface area contributed by atoms with Gasteiger partial charge in [-0.15, -0.1) is 6.42 Å². The number of urea groups is 1. The van der Waals surface area contributed by atoms with Crippen molar-refractivity contribution in [3.05, 3.63) is 29.8 Å². The molecule has 0 saturated heterocycles. The minimum atomic E-state index is -0.192. The number of carbonyl (C=O) groups excluding carboxylic acids is 1. The van der Waals surface area contributed by atoms with Crippen LogP contribution in [0.2, 0.25) is 0 Å². The fourth-order valence-corrected chi connectivity index (χ4v) is 1.24. The molecule has 3 heteroatoms. The van der Waals surface area contributed by atoms with Gasteiger partial charge in [0.25, 0.3) is 0 Å². The van der Waals surface area contributed by atoms with E-state index in [1.807, 2.05) is 12.1 Å². The quantitative estimate of drug-likeness (QED) is 0.589. The number of terminal acetylenes is 1. The lowest BCUT2D eigenvalue weighted by Crippen LogP contribution is -2.29. The number of anilines is 1. The lowest BCUT2D eigenvalue weighted by atomic mass is 10.2. The number of rotatable bonds is 4. The predicted octanol–water partition coefficient (Wildman–Crippen LogP) is 2.59. The molecule has 1 aromatic carbocycles. The van der Waals surface area contributed by atoms with Crippen LogP contribution in [0.4, 0.5) is 10.5 Å². The van der Waals surface area contributed by atoms with Crippen LogP contribution in [0.3, 0.4) is 0 Å². The molecule has 1 aromatic rings. The van der Waals surface area contributed by atoms with Crippen molar-refractivity contribution in [1.82, 2.24) is 5.32 Å². The average molecular weight is 216 g/mol. The van der Waals surface area contributed by atoms with Crippen LogP contribution >= 0.6 is 0 Å². The maximum atomic E-state index is 11.4. The summed E-state index contributed by atoms with van der Waals surface area (Å²) in [4.78, 5) is 11.4. The topological polar surface area (TPSA) is 41.1 Å². The first kappa shape index (κ1) is 12.1. The molecule has 0 fully saturated rings. The summed E-state index contributed by atoms with van der Waals surface area (Å²) in [5, 5.41) is 5.50. The number of amides is 2. The zero-order valence-electron chi connectivity index (χ0n) is 9.42. The van der Waals surface area contributed by atoms with Crippen molar-refractivity contribution in [2.75, 3.05) is 11.9 Å². The maximum Gasteiger partial charge on any atom is 0.319 e. The van der Waals surface area contributed by atoms with Crippen molar-refractivity contribution in [2.24, 2.45) is 0 Å². The zero-order valence-corrected chi connectivity index (χ0v) is 9.42. The first-order valence-electron chi connectivity index (χ1n) is 5.37. The van der Waals surface area contributed by atoms with Crippen LogP contribution in [0.25, 0.3) is 0 Å². The molecule has 0 aliphatic rings. The highest BCUT2D eigenvalue weighted by atomic mass is 16.2. The zero-order chi connectivity index (χ0) is 11.8. The van der Waals surface area contributed by atoms with Crippen molar-refractivity contribution < 1.29 is 4.79 Å². The molecule has 0 heterocycles. The third kappa shape index (κ3) is 4.05. The van der Waals surface area contributed by atoms with Crippen LogP contribution in [0.15, 0.2) is 24.3 Å². The summed E-state index contributed by atoms with van der Waals surface area (Å²) in [5.41, 5.74) is 1.47. The first-order valence-corrected chi connectivity index (χ1v) is 5.37. The van der Waals surface area contributed by atoms with Gasteiger partial charge >= 0.3 is 6.03 Å². The number of hydrogen-bond acceptors (Lipinski definition) is 1. The van der Waals surface area contributed by atoms with Crippen LogP contribution < -0.4 is 10.6 Å². The van der Waals surface area contributed by atoms with Crippen LogP contribution in [0, 0.1) is 12.3 Å². The predicted molar refractivity (Wildman–Crippen MR) is 66.3 cm³/mol. The fourth-order valence-electron chi connectivity index (χ4n) is 1.24. The standard InChI is InChI=1S/C13H16N2O/c1-3-5-9-14-13(16)15-12-8-6-7-11(4-2)10-12/h2,6-8,10H,3,5,9H2,1H3,(H2,14,15,16). The molecule has 3 nitrogen and oxygen atoms in total. The van der Waals surface area contributed by atoms with E-state index in [-0.39, 0.29) is 6.03 Å². The maximum absolute atomic E-state index is 11.4. The van der Waals surface area contributed by atoms with Gasteiger partial charge in [-0.1, -0.05) is 25.3 Å². The molecular weight excluding hydrogens is 200 g/mol. The van der Waals surface area contributed by atoms with Gasteiger partial charge in [0.2, 0.25) is 0 Å². The van der Waals surface area contributed by atoms with Crippen LogP contribution in [-0.4, -0.2) is 12.6 Å². The van der Waals surface area contributed by atoms with Gasteiger partial charge in [-0.2, -0.15) is 0 Å². The van der Waals surface area contributed by atoms with E-state index in [9.17, 15) is 4.79 Å². The Kier molecular flexibility index (Phi) is 4.94. The number of unbranched alkanes of at least 4 members (excludes halogenated alkanes) is 1. The molecule has 2 amide bonds. The molecule has 0 bridgehead atoms. The molecule has 0 aromatic heterocycles. The van der Waals surface area contributed by atoms with Gasteiger partial charge in [0.15, 0.2) is 0 Å². The van der Waals surface area contributed by atoms with E-state index in [1.54, 1.807) is 12.1 Å². The van der Waals surface area contributed by atoms with Crippen molar-refractivity contribution in [3.8, 4) is 12.3 Å². The Hall–Kier alpha value is -1.95. The average Bonchev–Trinajstić information content (AvgIpc) is 2.29. The molecule has 0 aliphatic carbocycles. The SMILES string of the molecule is C#Cc1cccc(NC(=O)NCCCC)c1. The minimum absolute atomic E-state index is 0.192. The van der Waals surface area contributed by atoms with Crippen LogP contribution in [0.1, 0.15) is 25.3 Å². The van der Waals surface area contributed by atoms with Crippen molar-refractivity contribution in [1.29, 1.82) is 0 Å². The molecule has 0 radical (unpaired) electrons. The van der Waals surface area contributed by atoms with Crippen LogP contribution in [-0.2, 0) is 0 Å². The van der Waals surface area contributed by atoms with Gasteiger partial charge in [0.1, 0.15) is 0 Å². The lowest BCUT2D eigenvalue weighted by molar-refractivity contribution is 0.252. The highest BCUT2D eigenvalue weighted by Gasteiger charge is 2.00. The summed E-state index contributed by atoms with van der Waals surface area (Å²) in [6.45, 7) is 2.77. The van der Waals surface area contributed by atoms with E-state index in [2.05, 4.69) is 23.5 Å². The van der Waals surface area contributed by atoms with Crippen molar-refractivity contribution in [3.63, 3.8) is 0 Å². The van der Waals surface area contributed by atoms with E-state index >= 15 is 0 Å². The minimum Gasteiger partial charge on any atom is -0.338 e. The summed E-state index contributed by atoms with van der Waals surface area (Å²) in [6, 6.07) is 7.01. The van der Waals surface area contributed by atoms with E-state index in [4.69, 9.17) is 6.42 Å². The Morgan fingerprint density at radius 2 is 2.31 bits per heavy atom. The number of nitrogens with one attached hydrogen (secondary N) is 2. The van der Waals surface area contributed by atoms with Gasteiger partial charge in [0, 0.05) is 17.8 Å². The monoisotopic (exact) mass is 216 g/mol. The van der Waals surface area contributed by atoms with E-state index < -0.39 is 0 Å². The van der Waals surface area contributed by atoms with Gasteiger partial charge in [-0.25, -0.2) is 4.79 Å². The Morgan fingerprint density at radius 3 is 3.00 bits per heavy atom. The smallest absolute Gasteiger partial charge is 0.319 e. The molecule has 0 unspecified atom stereocenters. The third-order valence-electron chi connectivity index (χ3n) is 2.10. The van der Waals surface area contributed by atoms with E-state index in [1.165, 1.54) is 0 Å². The second-order valence-corrected chi connectivity index (χ2v) is 3.46. The normalized spacial score (nSPS) is 9.25.